The molecule has 0 nitrogen and oxygen atoms in total. The fourth-order valence-electron chi connectivity index (χ4n) is 10.4. The van der Waals surface area contributed by atoms with Crippen LogP contribution >= 0.6 is 48.0 Å². The van der Waals surface area contributed by atoms with Crippen LogP contribution in [0.25, 0.3) is 11.1 Å². The van der Waals surface area contributed by atoms with E-state index < -0.39 is 18.3 Å². The van der Waals surface area contributed by atoms with Crippen molar-refractivity contribution in [2.45, 2.75) is 152 Å². The molecule has 4 aromatic rings. The van der Waals surface area contributed by atoms with Crippen molar-refractivity contribution in [3.8, 4) is 11.1 Å². The van der Waals surface area contributed by atoms with Crippen LogP contribution in [0.1, 0.15) is 157 Å². The van der Waals surface area contributed by atoms with E-state index in [1.165, 1.54) is 63.2 Å². The van der Waals surface area contributed by atoms with Gasteiger partial charge < -0.3 is 0 Å². The summed E-state index contributed by atoms with van der Waals surface area (Å²) in [6.45, 7) is 38.3. The maximum atomic E-state index is 6.85. The van der Waals surface area contributed by atoms with Crippen molar-refractivity contribution in [3.63, 3.8) is 0 Å². The van der Waals surface area contributed by atoms with Crippen molar-refractivity contribution < 1.29 is 18.3 Å². The molecule has 0 amide bonds. The van der Waals surface area contributed by atoms with Crippen molar-refractivity contribution in [2.24, 2.45) is 11.3 Å². The van der Waals surface area contributed by atoms with Gasteiger partial charge in [-0.3, -0.25) is 0 Å². The number of hydrogen-bond acceptors (Lipinski definition) is 0. The molecule has 0 fully saturated rings. The van der Waals surface area contributed by atoms with Crippen molar-refractivity contribution in [1.29, 1.82) is 0 Å². The summed E-state index contributed by atoms with van der Waals surface area (Å²) in [5, 5.41) is 1.50. The molecule has 0 radical (unpaired) electrons. The number of halogens is 4. The van der Waals surface area contributed by atoms with Gasteiger partial charge in [0.25, 0.3) is 0 Å². The fourth-order valence-corrected chi connectivity index (χ4v) is 28.2. The van der Waals surface area contributed by atoms with Crippen LogP contribution in [0.15, 0.2) is 87.7 Å². The number of fused-ring (bicyclic) bond motifs is 3. The van der Waals surface area contributed by atoms with Crippen LogP contribution in [-0.2, 0) is 46.4 Å². The van der Waals surface area contributed by atoms with E-state index in [-0.39, 0.29) is 57.8 Å². The first-order valence-electron chi connectivity index (χ1n) is 21.4. The second-order valence-electron chi connectivity index (χ2n) is 22.8. The molecule has 2 aliphatic rings. The number of benzene rings is 4. The predicted molar refractivity (Wildman–Crippen MR) is 267 cm³/mol. The van der Waals surface area contributed by atoms with Gasteiger partial charge in [0.15, 0.2) is 0 Å². The third kappa shape index (κ3) is 8.55. The van der Waals surface area contributed by atoms with E-state index in [0.717, 1.165) is 29.3 Å². The van der Waals surface area contributed by atoms with Crippen LogP contribution in [0.4, 0.5) is 0 Å². The quantitative estimate of drug-likeness (QED) is 0.159. The van der Waals surface area contributed by atoms with E-state index in [1.807, 2.05) is 0 Å². The molecule has 0 N–H and O–H groups in total. The molecule has 1 atom stereocenters. The second-order valence-corrected chi connectivity index (χ2v) is 36.3. The van der Waals surface area contributed by atoms with Crippen LogP contribution in [0.3, 0.4) is 0 Å². The summed E-state index contributed by atoms with van der Waals surface area (Å²) >= 11 is 8.26. The van der Waals surface area contributed by atoms with Gasteiger partial charge in [0.2, 0.25) is 0 Å². The van der Waals surface area contributed by atoms with Crippen LogP contribution in [0.2, 0.25) is 10.0 Å². The Balaban J connectivity index is 0.00000384. The molecule has 59 heavy (non-hydrogen) atoms. The molecule has 320 valence electrons. The van der Waals surface area contributed by atoms with E-state index in [1.54, 1.807) is 0 Å². The van der Waals surface area contributed by atoms with E-state index in [4.69, 9.17) is 27.4 Å². The molecule has 0 saturated heterocycles. The normalized spacial score (nSPS) is 16.2. The molecule has 1 unspecified atom stereocenters. The van der Waals surface area contributed by atoms with Crippen molar-refractivity contribution >= 4 is 62.0 Å². The number of allylic oxidation sites excluding steroid dienone is 4. The van der Waals surface area contributed by atoms with Gasteiger partial charge in [-0.1, -0.05) is 0 Å². The Morgan fingerprint density at radius 1 is 0.593 bits per heavy atom. The molecule has 0 spiro atoms. The molecule has 0 bridgehead atoms. The van der Waals surface area contributed by atoms with Crippen molar-refractivity contribution in [1.82, 2.24) is 0 Å². The standard InChI is InChI=1S/C29H41.C12H19.2C6H4Cl.CH2.2ClH.Zr/c1-26(2,3)22-14-18-13-19-15-23(27(4,5)6)25(29(10,11)12)17-21(19)20(18)16-24(22)28(7,8)9;1-5-6-10-7-8-11(9-10)12(2,3)4;2*7-6-4-2-1-3-5-6;;;;/h14,16-17H,13H2,1-12H3;8-10H,5-6H2,1-4H3;2*2-5H;1H2;2*1H;. The molecule has 0 aromatic heterocycles. The van der Waals surface area contributed by atoms with Gasteiger partial charge in [0.05, 0.1) is 0 Å². The van der Waals surface area contributed by atoms with Gasteiger partial charge in [0.1, 0.15) is 0 Å². The molecule has 6 rings (SSSR count). The summed E-state index contributed by atoms with van der Waals surface area (Å²) in [5.74, 6) is 0.254. The molecule has 5 heteroatoms. The molecular formula is C54H72Cl4Zr. The van der Waals surface area contributed by atoms with E-state index in [0.29, 0.717) is 0 Å². The molecule has 4 aromatic carbocycles. The monoisotopic (exact) mass is 950 g/mol. The second kappa shape index (κ2) is 16.4. The molecule has 0 saturated carbocycles. The van der Waals surface area contributed by atoms with Crippen molar-refractivity contribution in [2.75, 3.05) is 0 Å². The first-order valence-corrected chi connectivity index (χ1v) is 28.8. The van der Waals surface area contributed by atoms with Crippen molar-refractivity contribution in [3.05, 3.63) is 131 Å². The Bertz CT molecular complexity index is 2300. The third-order valence-electron chi connectivity index (χ3n) is 13.2. The molecule has 2 aliphatic carbocycles. The van der Waals surface area contributed by atoms with Crippen LogP contribution in [-0.4, -0.2) is 4.21 Å². The first kappa shape index (κ1) is 49.9. The Hall–Kier alpha value is -1.73. The predicted octanol–water partition coefficient (Wildman–Crippen LogP) is 15.3. The van der Waals surface area contributed by atoms with Crippen LogP contribution in [0.5, 0.6) is 0 Å². The third-order valence-corrected chi connectivity index (χ3v) is 30.1. The van der Waals surface area contributed by atoms with Gasteiger partial charge in [-0.2, -0.15) is 0 Å². The zero-order valence-corrected chi connectivity index (χ0v) is 44.6. The average molecular weight is 954 g/mol. The average Bonchev–Trinajstić information content (AvgIpc) is 3.68. The Morgan fingerprint density at radius 3 is 1.44 bits per heavy atom. The topological polar surface area (TPSA) is 0 Å². The Labute approximate surface area is 382 Å². The molecular weight excluding hydrogens is 882 g/mol. The summed E-state index contributed by atoms with van der Waals surface area (Å²) < 4.78 is 11.8. The molecule has 0 heterocycles. The summed E-state index contributed by atoms with van der Waals surface area (Å²) in [5.41, 5.74) is 12.5. The van der Waals surface area contributed by atoms with Crippen LogP contribution in [0, 0.1) is 11.3 Å². The fraction of sp³-hybridized carbons (Fsp3) is 0.463. The van der Waals surface area contributed by atoms with Gasteiger partial charge in [-0.25, -0.2) is 0 Å². The Morgan fingerprint density at radius 2 is 1.03 bits per heavy atom. The van der Waals surface area contributed by atoms with Crippen LogP contribution < -0.4 is 9.81 Å². The summed E-state index contributed by atoms with van der Waals surface area (Å²) in [6.07, 6.45) is 8.30. The van der Waals surface area contributed by atoms with E-state index in [2.05, 4.69) is 190 Å². The first-order chi connectivity index (χ1) is 26.0. The van der Waals surface area contributed by atoms with E-state index >= 15 is 0 Å². The zero-order chi connectivity index (χ0) is 42.5. The summed E-state index contributed by atoms with van der Waals surface area (Å²) in [7, 11) is 0. The number of rotatable bonds is 6. The van der Waals surface area contributed by atoms with Gasteiger partial charge >= 0.3 is 361 Å². The maximum absolute atomic E-state index is 6.85. The minimum absolute atomic E-state index is 0. The van der Waals surface area contributed by atoms with Gasteiger partial charge in [-0.15, -0.1) is 24.8 Å². The van der Waals surface area contributed by atoms with E-state index in [9.17, 15) is 0 Å². The minimum atomic E-state index is -5.43. The molecule has 0 aliphatic heterocycles. The van der Waals surface area contributed by atoms with Gasteiger partial charge in [-0.05, 0) is 0 Å². The zero-order valence-electron chi connectivity index (χ0n) is 39.0. The summed E-state index contributed by atoms with van der Waals surface area (Å²) in [4.78, 5) is 0. The Kier molecular flexibility index (Phi) is 13.9. The number of hydrogen-bond donors (Lipinski definition) is 0. The summed E-state index contributed by atoms with van der Waals surface area (Å²) in [6, 6.07) is 25.7. The SMILES string of the molecule is Cl.Cl.[CH2]=[Zr]([C]1=CC(C(C)(C)C)=CC1CCC)([c]1ccc(Cl)cc1)([c]1ccc(Cl)cc1)[c]1c2c(cc(C(C)(C)C)c1C(C)(C)C)-c1cc(C(C)(C)C)c(C(C)(C)C)cc1C2. The van der Waals surface area contributed by atoms with Gasteiger partial charge in [0, 0.05) is 0 Å².